The Morgan fingerprint density at radius 1 is 0.662 bits per heavy atom. The van der Waals surface area contributed by atoms with E-state index in [0.717, 1.165) is 0 Å². The lowest BCUT2D eigenvalue weighted by Gasteiger charge is -2.42. The number of phenolic OH excluding ortho intramolecular Hbond substituents is 1. The number of rotatable bonds is 29. The number of primary amides is 3. The van der Waals surface area contributed by atoms with Crippen molar-refractivity contribution in [2.24, 2.45) is 40.2 Å². The Labute approximate surface area is 462 Å². The van der Waals surface area contributed by atoms with Crippen molar-refractivity contribution in [1.29, 1.82) is 0 Å². The van der Waals surface area contributed by atoms with Gasteiger partial charge in [0.2, 0.25) is 65.0 Å². The van der Waals surface area contributed by atoms with Crippen LogP contribution in [0.5, 0.6) is 5.75 Å². The van der Waals surface area contributed by atoms with Crippen LogP contribution in [-0.4, -0.2) is 145 Å². The topological polar surface area (TPSA) is 400 Å². The van der Waals surface area contributed by atoms with Crippen LogP contribution < -0.4 is 60.2 Å². The third kappa shape index (κ3) is 21.3. The Hall–Kier alpha value is -6.15. The van der Waals surface area contributed by atoms with E-state index in [1.165, 1.54) is 43.0 Å². The van der Waals surface area contributed by atoms with Crippen LogP contribution in [0.1, 0.15) is 127 Å². The van der Waals surface area contributed by atoms with Crippen molar-refractivity contribution in [1.82, 2.24) is 42.1 Å². The van der Waals surface area contributed by atoms with Crippen LogP contribution in [0.15, 0.2) is 24.3 Å². The highest BCUT2D eigenvalue weighted by Crippen LogP contribution is 2.38. The molecule has 1 aromatic rings. The monoisotopic (exact) mass is 1120 g/mol. The number of nitrogens with one attached hydrogen (secondary N) is 7. The molecular formula is C51H84N12O12S2. The molecule has 0 saturated carbocycles. The maximum atomic E-state index is 15.0. The van der Waals surface area contributed by atoms with Gasteiger partial charge in [0, 0.05) is 28.4 Å². The Bertz CT molecular complexity index is 2300. The molecule has 0 spiro atoms. The van der Waals surface area contributed by atoms with Gasteiger partial charge < -0.3 is 70.2 Å². The van der Waals surface area contributed by atoms with Crippen molar-refractivity contribution in [3.8, 4) is 5.75 Å². The van der Waals surface area contributed by atoms with Crippen LogP contribution in [0.4, 0.5) is 0 Å². The summed E-state index contributed by atoms with van der Waals surface area (Å²) < 4.78 is -2.41. The number of hydrogen-bond donors (Lipinski definition) is 14. The number of amides is 11. The van der Waals surface area contributed by atoms with E-state index in [4.69, 9.17) is 22.9 Å². The van der Waals surface area contributed by atoms with Gasteiger partial charge in [-0.05, 0) is 88.3 Å². The zero-order valence-electron chi connectivity index (χ0n) is 46.1. The number of aromatic hydroxyl groups is 1. The highest BCUT2D eigenvalue weighted by atomic mass is 32.1. The van der Waals surface area contributed by atoms with Gasteiger partial charge in [0.1, 0.15) is 48.0 Å². The third-order valence-electron chi connectivity index (χ3n) is 13.2. The van der Waals surface area contributed by atoms with E-state index in [9.17, 15) is 53.1 Å². The number of carbonyl (C=O) groups excluding carboxylic acids is 11. The summed E-state index contributed by atoms with van der Waals surface area (Å²) >= 11 is 9.08. The van der Waals surface area contributed by atoms with Crippen molar-refractivity contribution in [3.05, 3.63) is 29.8 Å². The van der Waals surface area contributed by atoms with Crippen LogP contribution >= 0.6 is 25.3 Å². The maximum absolute atomic E-state index is 15.0. The van der Waals surface area contributed by atoms with Gasteiger partial charge in [0.25, 0.3) is 0 Å². The first-order chi connectivity index (χ1) is 35.4. The van der Waals surface area contributed by atoms with Crippen LogP contribution in [0.3, 0.4) is 0 Å². The number of thiol groups is 2. The third-order valence-corrected chi connectivity index (χ3v) is 13.7. The molecule has 10 atom stereocenters. The molecule has 0 unspecified atom stereocenters. The molecule has 1 aliphatic heterocycles. The van der Waals surface area contributed by atoms with Gasteiger partial charge in [0.05, 0.1) is 19.0 Å². The van der Waals surface area contributed by atoms with Crippen LogP contribution in [-0.2, 0) is 59.2 Å². The number of likely N-dealkylation sites (tertiary alicyclic amines) is 1. The SMILES string of the molecule is CC[C@H](C)[C@H](NC(=O)[C@H](Cc1ccc(O)cc1)NC(=O)[C@H](N)C(C)(C)S)C(=O)N[C@@H](CCC(N)=O)C(=O)N[C@@H](CC(N)=O)C(=O)N[C@H](C(=O)N1[C@H](C(=O)N[C@@H](CC(C)C)C(=O)NCC(N)=O)CC[C@@H]1C(C)(C)C)C(C)(C)S. The highest BCUT2D eigenvalue weighted by Gasteiger charge is 2.50. The van der Waals surface area contributed by atoms with Gasteiger partial charge >= 0.3 is 0 Å². The first-order valence-corrected chi connectivity index (χ1v) is 26.5. The molecule has 1 aliphatic rings. The summed E-state index contributed by atoms with van der Waals surface area (Å²) in [5.74, 6) is -10.2. The molecule has 16 N–H and O–H groups in total. The van der Waals surface area contributed by atoms with Gasteiger partial charge in [0.15, 0.2) is 0 Å². The zero-order chi connectivity index (χ0) is 59.1. The average Bonchev–Trinajstić information content (AvgIpc) is 3.78. The van der Waals surface area contributed by atoms with E-state index in [-0.39, 0.29) is 30.9 Å². The minimum atomic E-state index is -1.81. The molecule has 1 saturated heterocycles. The number of carbonyl (C=O) groups is 11. The number of nitrogens with zero attached hydrogens (tertiary/aromatic N) is 1. The van der Waals surface area contributed by atoms with Crippen molar-refractivity contribution >= 4 is 90.2 Å². The Morgan fingerprint density at radius 3 is 1.70 bits per heavy atom. The fourth-order valence-electron chi connectivity index (χ4n) is 8.54. The van der Waals surface area contributed by atoms with Crippen LogP contribution in [0.2, 0.25) is 0 Å². The number of hydrogen-bond acceptors (Lipinski definition) is 15. The Balaban J connectivity index is 2.55. The first kappa shape index (κ1) is 67.0. The fourth-order valence-corrected chi connectivity index (χ4v) is 8.83. The molecule has 2 rings (SSSR count). The lowest BCUT2D eigenvalue weighted by molar-refractivity contribution is -0.146. The van der Waals surface area contributed by atoms with E-state index < -0.39 is 166 Å². The smallest absolute Gasteiger partial charge is 0.247 e. The summed E-state index contributed by atoms with van der Waals surface area (Å²) in [6, 6.07) is -5.91. The summed E-state index contributed by atoms with van der Waals surface area (Å²) in [5, 5.41) is 27.9. The second-order valence-electron chi connectivity index (χ2n) is 22.4. The van der Waals surface area contributed by atoms with Crippen molar-refractivity contribution in [2.45, 2.75) is 191 Å². The van der Waals surface area contributed by atoms with Gasteiger partial charge in [-0.25, -0.2) is 0 Å². The maximum Gasteiger partial charge on any atom is 0.247 e. The zero-order valence-corrected chi connectivity index (χ0v) is 47.9. The number of benzene rings is 1. The van der Waals surface area contributed by atoms with Gasteiger partial charge in [-0.3, -0.25) is 52.7 Å². The summed E-state index contributed by atoms with van der Waals surface area (Å²) in [5.41, 5.74) is 22.3. The van der Waals surface area contributed by atoms with E-state index >= 15 is 4.79 Å². The molecule has 432 valence electrons. The second-order valence-corrected chi connectivity index (χ2v) is 24.7. The molecule has 11 amide bonds. The molecule has 24 nitrogen and oxygen atoms in total. The average molecular weight is 1120 g/mol. The number of nitrogens with two attached hydrogens (primary N) is 4. The predicted octanol–water partition coefficient (Wildman–Crippen LogP) is -1.17. The van der Waals surface area contributed by atoms with E-state index in [1.54, 1.807) is 27.7 Å². The molecule has 1 aromatic carbocycles. The normalized spacial score (nSPS) is 17.9. The van der Waals surface area contributed by atoms with Crippen LogP contribution in [0.25, 0.3) is 0 Å². The molecule has 1 heterocycles. The molecule has 77 heavy (non-hydrogen) atoms. The summed E-state index contributed by atoms with van der Waals surface area (Å²) in [7, 11) is 0. The molecular weight excluding hydrogens is 1040 g/mol. The van der Waals surface area contributed by atoms with Crippen molar-refractivity contribution in [3.63, 3.8) is 0 Å². The molecule has 1 fully saturated rings. The van der Waals surface area contributed by atoms with Crippen molar-refractivity contribution in [2.75, 3.05) is 6.54 Å². The minimum absolute atomic E-state index is 0.0470. The molecule has 0 radical (unpaired) electrons. The van der Waals surface area contributed by atoms with Crippen LogP contribution in [0, 0.1) is 17.3 Å². The molecule has 0 aromatic heterocycles. The summed E-state index contributed by atoms with van der Waals surface area (Å²) in [6.07, 6.45) is -0.860. The summed E-state index contributed by atoms with van der Waals surface area (Å²) in [4.78, 5) is 150. The largest absolute Gasteiger partial charge is 0.508 e. The van der Waals surface area contributed by atoms with E-state index in [0.29, 0.717) is 18.4 Å². The van der Waals surface area contributed by atoms with E-state index in [2.05, 4.69) is 62.5 Å². The Kier molecular flexibility index (Phi) is 25.2. The first-order valence-electron chi connectivity index (χ1n) is 25.6. The minimum Gasteiger partial charge on any atom is -0.508 e. The second kappa shape index (κ2) is 29.0. The number of phenols is 1. The molecule has 26 heteroatoms. The predicted molar refractivity (Wildman–Crippen MR) is 294 cm³/mol. The van der Waals surface area contributed by atoms with Gasteiger partial charge in [-0.15, -0.1) is 0 Å². The lowest BCUT2D eigenvalue weighted by atomic mass is 9.84. The highest BCUT2D eigenvalue weighted by molar-refractivity contribution is 7.82. The standard InChI is InChI=1S/C51H84N12O12S2/c1-12-26(4)38(61-43(70)31(22-27-13-15-28(64)16-14-27)60-47(74)39(55)50(8,9)76)46(73)57-29(17-20-35(52)65)42(69)58-32(23-36(53)66)44(71)62-40(51(10,11)77)48(75)63-33(18-19-34(63)49(5,6)7)45(72)59-30(21-25(2)3)41(68)56-24-37(54)67/h13-16,25-26,29-34,38-40,64,76-77H,12,17-24,55H2,1-11H3,(H2,52,65)(H2,53,66)(H2,54,67)(H,56,68)(H,57,73)(H,58,69)(H,59,72)(H,60,74)(H,61,70)(H,62,71)/t26-,29-,30-,31-,32-,33-,34+,38-,39-,40+/m0/s1. The van der Waals surface area contributed by atoms with Crippen molar-refractivity contribution < 1.29 is 57.8 Å². The van der Waals surface area contributed by atoms with Gasteiger partial charge in [-0.2, -0.15) is 25.3 Å². The summed E-state index contributed by atoms with van der Waals surface area (Å²) in [6.45, 7) is 18.4. The Morgan fingerprint density at radius 2 is 1.21 bits per heavy atom. The quantitative estimate of drug-likeness (QED) is 0.0421. The van der Waals surface area contributed by atoms with E-state index in [1.807, 2.05) is 34.6 Å². The molecule has 0 aliphatic carbocycles. The van der Waals surface area contributed by atoms with Gasteiger partial charge in [-0.1, -0.05) is 67.0 Å². The lowest BCUT2D eigenvalue weighted by Crippen LogP contribution is -2.65. The molecule has 0 bridgehead atoms. The fraction of sp³-hybridized carbons (Fsp3) is 0.667.